The van der Waals surface area contributed by atoms with E-state index in [1.807, 2.05) is 42.5 Å². The van der Waals surface area contributed by atoms with E-state index in [1.165, 1.54) is 27.7 Å². The molecule has 0 aliphatic carbocycles. The number of thiazole rings is 1. The van der Waals surface area contributed by atoms with Crippen LogP contribution in [0.5, 0.6) is 5.75 Å². The second-order valence-electron chi connectivity index (χ2n) is 5.85. The van der Waals surface area contributed by atoms with Crippen LogP contribution in [-0.4, -0.2) is 24.2 Å². The summed E-state index contributed by atoms with van der Waals surface area (Å²) in [4.78, 5) is 18.2. The lowest BCUT2D eigenvalue weighted by molar-refractivity contribution is 0.0991. The topological polar surface area (TPSA) is 54.8 Å². The van der Waals surface area contributed by atoms with Gasteiger partial charge in [-0.25, -0.2) is 4.98 Å². The van der Waals surface area contributed by atoms with Crippen LogP contribution in [0.1, 0.15) is 15.2 Å². The molecule has 0 bridgehead atoms. The maximum Gasteiger partial charge on any atom is 0.290 e. The summed E-state index contributed by atoms with van der Waals surface area (Å²) in [5.74, 6) is 0.440. The third kappa shape index (κ3) is 4.51. The largest absolute Gasteiger partial charge is 0.497 e. The van der Waals surface area contributed by atoms with Crippen molar-refractivity contribution in [1.29, 1.82) is 0 Å². The van der Waals surface area contributed by atoms with Crippen LogP contribution >= 0.6 is 50.2 Å². The lowest BCUT2D eigenvalue weighted by Crippen LogP contribution is -2.24. The first kappa shape index (κ1) is 20.0. The van der Waals surface area contributed by atoms with Crippen molar-refractivity contribution in [3.63, 3.8) is 0 Å². The zero-order valence-corrected chi connectivity index (χ0v) is 19.0. The van der Waals surface area contributed by atoms with Crippen LogP contribution in [0.15, 0.2) is 64.2 Å². The van der Waals surface area contributed by atoms with Gasteiger partial charge in [-0.3, -0.25) is 4.79 Å². The number of hydrazone groups is 1. The summed E-state index contributed by atoms with van der Waals surface area (Å²) in [6.07, 6.45) is 1.63. The van der Waals surface area contributed by atoms with Crippen molar-refractivity contribution in [2.75, 3.05) is 12.1 Å². The van der Waals surface area contributed by atoms with E-state index in [-0.39, 0.29) is 5.91 Å². The van der Waals surface area contributed by atoms with E-state index in [4.69, 9.17) is 16.3 Å². The Kier molecular flexibility index (Phi) is 5.96. The molecule has 0 saturated carbocycles. The van der Waals surface area contributed by atoms with Gasteiger partial charge in [0.05, 0.1) is 32.8 Å². The van der Waals surface area contributed by atoms with E-state index >= 15 is 0 Å². The van der Waals surface area contributed by atoms with Crippen LogP contribution < -0.4 is 9.75 Å². The molecule has 1 amide bonds. The van der Waals surface area contributed by atoms with E-state index in [0.717, 1.165) is 26.0 Å². The van der Waals surface area contributed by atoms with Gasteiger partial charge in [0.25, 0.3) is 5.91 Å². The van der Waals surface area contributed by atoms with Crippen molar-refractivity contribution >= 4 is 77.7 Å². The molecule has 0 N–H and O–H groups in total. The maximum absolute atomic E-state index is 13.1. The summed E-state index contributed by atoms with van der Waals surface area (Å²) in [5, 5.41) is 6.22. The fourth-order valence-electron chi connectivity index (χ4n) is 2.51. The number of methoxy groups -OCH3 is 1. The van der Waals surface area contributed by atoms with Gasteiger partial charge in [0.2, 0.25) is 5.13 Å². The van der Waals surface area contributed by atoms with Crippen LogP contribution in [-0.2, 0) is 0 Å². The minimum absolute atomic E-state index is 0.290. The molecule has 4 aromatic rings. The average molecular weight is 507 g/mol. The lowest BCUT2D eigenvalue weighted by Gasteiger charge is -2.12. The molecule has 2 heterocycles. The van der Waals surface area contributed by atoms with Crippen molar-refractivity contribution in [2.24, 2.45) is 5.10 Å². The number of nitrogens with zero attached hydrogens (tertiary/aromatic N) is 3. The Hall–Kier alpha value is -2.26. The number of anilines is 1. The van der Waals surface area contributed by atoms with Gasteiger partial charge in [-0.15, -0.1) is 11.3 Å². The number of carbonyl (C=O) groups excluding carboxylic acids is 1. The molecule has 0 radical (unpaired) electrons. The first-order chi connectivity index (χ1) is 14.0. The third-order valence-corrected chi connectivity index (χ3v) is 6.68. The molecule has 0 atom stereocenters. The van der Waals surface area contributed by atoms with Gasteiger partial charge in [-0.1, -0.05) is 51.0 Å². The van der Waals surface area contributed by atoms with Crippen molar-refractivity contribution in [2.45, 2.75) is 0 Å². The highest BCUT2D eigenvalue weighted by Gasteiger charge is 2.22. The molecular formula is C20H13BrClN3O2S2. The highest BCUT2D eigenvalue weighted by atomic mass is 79.9. The Morgan fingerprint density at radius 3 is 2.66 bits per heavy atom. The number of halogens is 2. The summed E-state index contributed by atoms with van der Waals surface area (Å²) >= 11 is 12.0. The normalized spacial score (nSPS) is 11.3. The standard InChI is InChI=1S/C20H13BrClN3O2S2/c1-27-14-6-7-15-17(10-14)29-20(24-15)25(19(26)16-8-9-18(22)28-16)23-11-12-2-4-13(21)5-3-12/h2-11H,1H3/b23-11+. The monoisotopic (exact) mass is 505 g/mol. The van der Waals surface area contributed by atoms with E-state index < -0.39 is 0 Å². The van der Waals surface area contributed by atoms with Crippen LogP contribution in [0.4, 0.5) is 5.13 Å². The van der Waals surface area contributed by atoms with Crippen LogP contribution in [0.25, 0.3) is 10.2 Å². The van der Waals surface area contributed by atoms with E-state index in [9.17, 15) is 4.79 Å². The maximum atomic E-state index is 13.1. The highest BCUT2D eigenvalue weighted by Crippen LogP contribution is 2.33. The first-order valence-corrected chi connectivity index (χ1v) is 11.2. The molecule has 2 aromatic heterocycles. The van der Waals surface area contributed by atoms with E-state index in [0.29, 0.717) is 14.3 Å². The number of rotatable bonds is 5. The molecule has 9 heteroatoms. The molecule has 0 aliphatic rings. The van der Waals surface area contributed by atoms with Gasteiger partial charge in [0.1, 0.15) is 5.75 Å². The smallest absolute Gasteiger partial charge is 0.290 e. The fraction of sp³-hybridized carbons (Fsp3) is 0.0500. The predicted molar refractivity (Wildman–Crippen MR) is 124 cm³/mol. The van der Waals surface area contributed by atoms with Gasteiger partial charge < -0.3 is 4.74 Å². The number of fused-ring (bicyclic) bond motifs is 1. The predicted octanol–water partition coefficient (Wildman–Crippen LogP) is 6.46. The average Bonchev–Trinajstić information content (AvgIpc) is 3.34. The minimum Gasteiger partial charge on any atom is -0.497 e. The zero-order chi connectivity index (χ0) is 20.4. The number of amides is 1. The summed E-state index contributed by atoms with van der Waals surface area (Å²) < 4.78 is 7.69. The van der Waals surface area contributed by atoms with Gasteiger partial charge >= 0.3 is 0 Å². The summed E-state index contributed by atoms with van der Waals surface area (Å²) in [7, 11) is 1.61. The first-order valence-electron chi connectivity index (χ1n) is 8.37. The number of thiophene rings is 1. The molecule has 0 fully saturated rings. The second-order valence-corrected chi connectivity index (χ2v) is 9.49. The van der Waals surface area contributed by atoms with Crippen molar-refractivity contribution in [1.82, 2.24) is 4.98 Å². The quantitative estimate of drug-likeness (QED) is 0.230. The van der Waals surface area contributed by atoms with Crippen LogP contribution in [0, 0.1) is 0 Å². The Balaban J connectivity index is 1.74. The molecule has 0 aliphatic heterocycles. The zero-order valence-electron chi connectivity index (χ0n) is 15.0. The van der Waals surface area contributed by atoms with Gasteiger partial charge in [-0.05, 0) is 48.0 Å². The van der Waals surface area contributed by atoms with Crippen molar-refractivity contribution in [3.8, 4) is 5.75 Å². The molecule has 2 aromatic carbocycles. The molecule has 0 spiro atoms. The summed E-state index contributed by atoms with van der Waals surface area (Å²) in [6, 6.07) is 16.6. The molecular weight excluding hydrogens is 494 g/mol. The van der Waals surface area contributed by atoms with Crippen LogP contribution in [0.2, 0.25) is 4.34 Å². The Labute approximate surface area is 188 Å². The van der Waals surface area contributed by atoms with Gasteiger partial charge in [-0.2, -0.15) is 10.1 Å². The summed E-state index contributed by atoms with van der Waals surface area (Å²) in [5.41, 5.74) is 1.63. The van der Waals surface area contributed by atoms with Gasteiger partial charge in [0.15, 0.2) is 0 Å². The van der Waals surface area contributed by atoms with E-state index in [1.54, 1.807) is 25.5 Å². The Bertz CT molecular complexity index is 1200. The minimum atomic E-state index is -0.290. The molecule has 146 valence electrons. The third-order valence-electron chi connectivity index (χ3n) is 3.93. The molecule has 0 unspecified atom stereocenters. The fourth-order valence-corrected chi connectivity index (χ4v) is 4.69. The lowest BCUT2D eigenvalue weighted by atomic mass is 10.2. The number of benzene rings is 2. The number of ether oxygens (including phenoxy) is 1. The molecule has 5 nitrogen and oxygen atoms in total. The summed E-state index contributed by atoms with van der Waals surface area (Å²) in [6.45, 7) is 0. The Morgan fingerprint density at radius 1 is 1.17 bits per heavy atom. The molecule has 0 saturated heterocycles. The number of carbonyl (C=O) groups is 1. The van der Waals surface area contributed by atoms with Crippen molar-refractivity contribution < 1.29 is 9.53 Å². The highest BCUT2D eigenvalue weighted by molar-refractivity contribution is 9.10. The van der Waals surface area contributed by atoms with Crippen molar-refractivity contribution in [3.05, 3.63) is 73.8 Å². The number of hydrogen-bond acceptors (Lipinski definition) is 6. The van der Waals surface area contributed by atoms with Crippen LogP contribution in [0.3, 0.4) is 0 Å². The van der Waals surface area contributed by atoms with E-state index in [2.05, 4.69) is 26.0 Å². The molecule has 29 heavy (non-hydrogen) atoms. The number of hydrogen-bond donors (Lipinski definition) is 0. The number of aromatic nitrogens is 1. The Morgan fingerprint density at radius 2 is 1.97 bits per heavy atom. The van der Waals surface area contributed by atoms with Gasteiger partial charge in [0, 0.05) is 4.47 Å². The SMILES string of the molecule is COc1ccc2nc(N(/N=C/c3ccc(Br)cc3)C(=O)c3ccc(Cl)s3)sc2c1. The second kappa shape index (κ2) is 8.62. The molecule has 4 rings (SSSR count).